The van der Waals surface area contributed by atoms with E-state index in [1.165, 1.54) is 0 Å². The van der Waals surface area contributed by atoms with E-state index in [1.54, 1.807) is 11.6 Å². The van der Waals surface area contributed by atoms with E-state index < -0.39 is 5.97 Å². The Bertz CT molecular complexity index is 745. The van der Waals surface area contributed by atoms with Gasteiger partial charge < -0.3 is 14.6 Å². The highest BCUT2D eigenvalue weighted by Crippen LogP contribution is 2.21. The number of benzene rings is 1. The molecule has 1 aliphatic rings. The Morgan fingerprint density at radius 3 is 2.62 bits per heavy atom. The Morgan fingerprint density at radius 1 is 1.29 bits per heavy atom. The fraction of sp³-hybridized carbons (Fsp3) is 0.400. The summed E-state index contributed by atoms with van der Waals surface area (Å²) in [6.45, 7) is 1.11. The molecule has 1 N–H and O–H groups in total. The highest BCUT2D eigenvalue weighted by molar-refractivity contribution is 5.76. The molecule has 1 aromatic carbocycles. The molecule has 2 aromatic rings. The lowest BCUT2D eigenvalue weighted by Crippen LogP contribution is -2.40. The number of aliphatic carboxylic acids is 1. The Labute approximate surface area is 121 Å². The van der Waals surface area contributed by atoms with Gasteiger partial charge >= 0.3 is 5.97 Å². The molecule has 6 nitrogen and oxygen atoms in total. The molecular formula is C15H17N3O3. The molecule has 0 bridgehead atoms. The average molecular weight is 287 g/mol. The van der Waals surface area contributed by atoms with Crippen LogP contribution >= 0.6 is 0 Å². The highest BCUT2D eigenvalue weighted by Gasteiger charge is 2.26. The van der Waals surface area contributed by atoms with Gasteiger partial charge in [-0.15, -0.1) is 0 Å². The number of hydrogen-bond acceptors (Lipinski definition) is 4. The zero-order valence-corrected chi connectivity index (χ0v) is 11.8. The minimum atomic E-state index is -0.756. The molecule has 0 spiro atoms. The van der Waals surface area contributed by atoms with E-state index in [-0.39, 0.29) is 11.5 Å². The SMILES string of the molecule is Cn1c(=O)c(N2CCC(C(=O)O)CC2)nc2ccccc21. The smallest absolute Gasteiger partial charge is 0.306 e. The predicted octanol–water partition coefficient (Wildman–Crippen LogP) is 1.23. The third kappa shape index (κ3) is 2.37. The second kappa shape index (κ2) is 5.20. The summed E-state index contributed by atoms with van der Waals surface area (Å²) in [6.07, 6.45) is 1.10. The maximum Gasteiger partial charge on any atom is 0.306 e. The number of piperidine rings is 1. The first-order valence-corrected chi connectivity index (χ1v) is 7.01. The van der Waals surface area contributed by atoms with E-state index in [9.17, 15) is 9.59 Å². The lowest BCUT2D eigenvalue weighted by atomic mass is 9.97. The number of carboxylic acid groups (broad SMARTS) is 1. The fourth-order valence-electron chi connectivity index (χ4n) is 2.81. The van der Waals surface area contributed by atoms with Crippen LogP contribution in [0.1, 0.15) is 12.8 Å². The van der Waals surface area contributed by atoms with E-state index >= 15 is 0 Å². The zero-order valence-electron chi connectivity index (χ0n) is 11.8. The molecule has 0 aliphatic carbocycles. The Balaban J connectivity index is 1.97. The molecule has 21 heavy (non-hydrogen) atoms. The van der Waals surface area contributed by atoms with Crippen molar-refractivity contribution in [3.8, 4) is 0 Å². The van der Waals surface area contributed by atoms with E-state index in [2.05, 4.69) is 4.98 Å². The largest absolute Gasteiger partial charge is 0.481 e. The monoisotopic (exact) mass is 287 g/mol. The molecule has 6 heteroatoms. The lowest BCUT2D eigenvalue weighted by Gasteiger charge is -2.30. The number of anilines is 1. The summed E-state index contributed by atoms with van der Waals surface area (Å²) >= 11 is 0. The summed E-state index contributed by atoms with van der Waals surface area (Å²) < 4.78 is 1.60. The first kappa shape index (κ1) is 13.6. The Morgan fingerprint density at radius 2 is 1.95 bits per heavy atom. The molecular weight excluding hydrogens is 270 g/mol. The zero-order chi connectivity index (χ0) is 15.0. The Hall–Kier alpha value is -2.37. The van der Waals surface area contributed by atoms with Crippen molar-refractivity contribution in [1.29, 1.82) is 0 Å². The number of fused-ring (bicyclic) bond motifs is 1. The number of aromatic nitrogens is 2. The second-order valence-corrected chi connectivity index (χ2v) is 5.39. The van der Waals surface area contributed by atoms with Crippen LogP contribution in [0.4, 0.5) is 5.82 Å². The maximum absolute atomic E-state index is 12.4. The van der Waals surface area contributed by atoms with E-state index in [4.69, 9.17) is 5.11 Å². The van der Waals surface area contributed by atoms with Gasteiger partial charge in [0.2, 0.25) is 0 Å². The molecule has 0 atom stereocenters. The minimum absolute atomic E-state index is 0.137. The molecule has 2 heterocycles. The van der Waals surface area contributed by atoms with Crippen molar-refractivity contribution in [3.63, 3.8) is 0 Å². The van der Waals surface area contributed by atoms with Gasteiger partial charge in [-0.1, -0.05) is 12.1 Å². The first-order valence-electron chi connectivity index (χ1n) is 7.01. The van der Waals surface area contributed by atoms with Crippen LogP contribution in [-0.2, 0) is 11.8 Å². The molecule has 0 saturated carbocycles. The normalized spacial score (nSPS) is 16.3. The van der Waals surface area contributed by atoms with Crippen molar-refractivity contribution >= 4 is 22.8 Å². The van der Waals surface area contributed by atoms with Gasteiger partial charge in [0, 0.05) is 20.1 Å². The molecule has 0 unspecified atom stereocenters. The maximum atomic E-state index is 12.4. The van der Waals surface area contributed by atoms with Crippen LogP contribution < -0.4 is 10.5 Å². The van der Waals surface area contributed by atoms with Crippen molar-refractivity contribution < 1.29 is 9.90 Å². The van der Waals surface area contributed by atoms with Crippen molar-refractivity contribution in [3.05, 3.63) is 34.6 Å². The van der Waals surface area contributed by atoms with Crippen molar-refractivity contribution in [2.45, 2.75) is 12.8 Å². The van der Waals surface area contributed by atoms with Gasteiger partial charge in [-0.3, -0.25) is 9.59 Å². The molecule has 0 radical (unpaired) electrons. The molecule has 1 aliphatic heterocycles. The molecule has 3 rings (SSSR count). The molecule has 110 valence electrons. The molecule has 1 aromatic heterocycles. The van der Waals surface area contributed by atoms with Crippen LogP contribution in [0, 0.1) is 5.92 Å². The lowest BCUT2D eigenvalue weighted by molar-refractivity contribution is -0.142. The third-order valence-electron chi connectivity index (χ3n) is 4.11. The van der Waals surface area contributed by atoms with Crippen LogP contribution in [0.25, 0.3) is 11.0 Å². The number of aryl methyl sites for hydroxylation is 1. The molecule has 1 saturated heterocycles. The van der Waals surface area contributed by atoms with E-state index in [0.717, 1.165) is 11.0 Å². The number of hydrogen-bond donors (Lipinski definition) is 1. The number of carbonyl (C=O) groups is 1. The van der Waals surface area contributed by atoms with Crippen molar-refractivity contribution in [2.75, 3.05) is 18.0 Å². The molecule has 0 amide bonds. The van der Waals surface area contributed by atoms with Crippen LogP contribution in [0.5, 0.6) is 0 Å². The van der Waals surface area contributed by atoms with Crippen LogP contribution in [0.2, 0.25) is 0 Å². The van der Waals surface area contributed by atoms with Gasteiger partial charge in [0.15, 0.2) is 5.82 Å². The standard InChI is InChI=1S/C15H17N3O3/c1-17-12-5-3-2-4-11(12)16-13(14(17)19)18-8-6-10(7-9-18)15(20)21/h2-5,10H,6-9H2,1H3,(H,20,21). The van der Waals surface area contributed by atoms with Crippen LogP contribution in [0.15, 0.2) is 29.1 Å². The predicted molar refractivity (Wildman–Crippen MR) is 79.6 cm³/mol. The highest BCUT2D eigenvalue weighted by atomic mass is 16.4. The number of carboxylic acids is 1. The van der Waals surface area contributed by atoms with Crippen LogP contribution in [-0.4, -0.2) is 33.7 Å². The second-order valence-electron chi connectivity index (χ2n) is 5.39. The van der Waals surface area contributed by atoms with Gasteiger partial charge in [-0.25, -0.2) is 4.98 Å². The van der Waals surface area contributed by atoms with Gasteiger partial charge in [0.1, 0.15) is 0 Å². The summed E-state index contributed by atoms with van der Waals surface area (Å²) in [7, 11) is 1.74. The summed E-state index contributed by atoms with van der Waals surface area (Å²) in [6, 6.07) is 7.51. The van der Waals surface area contributed by atoms with Crippen molar-refractivity contribution in [2.24, 2.45) is 13.0 Å². The molecule has 1 fully saturated rings. The first-order chi connectivity index (χ1) is 10.1. The summed E-state index contributed by atoms with van der Waals surface area (Å²) in [5.41, 5.74) is 1.43. The van der Waals surface area contributed by atoms with Gasteiger partial charge in [0.25, 0.3) is 5.56 Å². The average Bonchev–Trinajstić information content (AvgIpc) is 2.51. The number of nitrogens with zero attached hydrogens (tertiary/aromatic N) is 3. The quantitative estimate of drug-likeness (QED) is 0.899. The summed E-state index contributed by atoms with van der Waals surface area (Å²) in [5.74, 6) is -0.653. The number of rotatable bonds is 2. The third-order valence-corrected chi connectivity index (χ3v) is 4.11. The Kier molecular flexibility index (Phi) is 3.37. The van der Waals surface area contributed by atoms with Gasteiger partial charge in [-0.05, 0) is 25.0 Å². The van der Waals surface area contributed by atoms with Crippen LogP contribution in [0.3, 0.4) is 0 Å². The number of para-hydroxylation sites is 2. The fourth-order valence-corrected chi connectivity index (χ4v) is 2.81. The topological polar surface area (TPSA) is 75.4 Å². The van der Waals surface area contributed by atoms with Gasteiger partial charge in [0.05, 0.1) is 17.0 Å². The van der Waals surface area contributed by atoms with Crippen molar-refractivity contribution in [1.82, 2.24) is 9.55 Å². The minimum Gasteiger partial charge on any atom is -0.481 e. The van der Waals surface area contributed by atoms with Gasteiger partial charge in [-0.2, -0.15) is 0 Å². The summed E-state index contributed by atoms with van der Waals surface area (Å²) in [5, 5.41) is 9.04. The van der Waals surface area contributed by atoms with E-state index in [1.807, 2.05) is 29.2 Å². The van der Waals surface area contributed by atoms with E-state index in [0.29, 0.717) is 31.7 Å². The summed E-state index contributed by atoms with van der Waals surface area (Å²) in [4.78, 5) is 29.8.